The van der Waals surface area contributed by atoms with Crippen LogP contribution < -0.4 is 5.32 Å². The van der Waals surface area contributed by atoms with Crippen LogP contribution in [0.1, 0.15) is 44.6 Å². The van der Waals surface area contributed by atoms with Gasteiger partial charge in [-0.3, -0.25) is 14.4 Å². The molecule has 0 aromatic heterocycles. The molecule has 1 aliphatic rings. The summed E-state index contributed by atoms with van der Waals surface area (Å²) in [5.41, 5.74) is 0.798. The largest absolute Gasteiger partial charge is 0.480 e. The molecule has 0 saturated heterocycles. The Balaban J connectivity index is 1.93. The molecule has 1 unspecified atom stereocenters. The lowest BCUT2D eigenvalue weighted by molar-refractivity contribution is -0.145. The van der Waals surface area contributed by atoms with E-state index in [0.29, 0.717) is 5.02 Å². The van der Waals surface area contributed by atoms with Crippen molar-refractivity contribution in [2.45, 2.75) is 51.6 Å². The van der Waals surface area contributed by atoms with Gasteiger partial charge in [0.25, 0.3) is 0 Å². The van der Waals surface area contributed by atoms with Crippen molar-refractivity contribution in [3.05, 3.63) is 34.9 Å². The van der Waals surface area contributed by atoms with Crippen LogP contribution in [0, 0.1) is 5.92 Å². The number of carboxylic acids is 1. The SMILES string of the molecule is CC(CC(=O)N(CC(=O)O)Cc1ccc(Cl)cc1)NC(=O)C1CCCC1. The van der Waals surface area contributed by atoms with Crippen molar-refractivity contribution < 1.29 is 19.5 Å². The lowest BCUT2D eigenvalue weighted by Crippen LogP contribution is -2.42. The first kappa shape index (κ1) is 20.2. The van der Waals surface area contributed by atoms with E-state index in [9.17, 15) is 14.4 Å². The Hall–Kier alpha value is -2.08. The van der Waals surface area contributed by atoms with Gasteiger partial charge in [-0.2, -0.15) is 0 Å². The second-order valence-corrected chi connectivity index (χ2v) is 7.30. The number of nitrogens with one attached hydrogen (secondary N) is 1. The quantitative estimate of drug-likeness (QED) is 0.726. The van der Waals surface area contributed by atoms with Crippen molar-refractivity contribution >= 4 is 29.4 Å². The van der Waals surface area contributed by atoms with E-state index in [1.54, 1.807) is 31.2 Å². The lowest BCUT2D eigenvalue weighted by atomic mass is 10.1. The zero-order valence-electron chi connectivity index (χ0n) is 14.9. The molecule has 6 nitrogen and oxygen atoms in total. The summed E-state index contributed by atoms with van der Waals surface area (Å²) in [6, 6.07) is 6.58. The van der Waals surface area contributed by atoms with Crippen molar-refractivity contribution in [3.8, 4) is 0 Å². The molecule has 1 saturated carbocycles. The number of benzene rings is 1. The molecule has 2 rings (SSSR count). The number of aliphatic carboxylic acids is 1. The van der Waals surface area contributed by atoms with Crippen molar-refractivity contribution in [1.29, 1.82) is 0 Å². The Morgan fingerprint density at radius 3 is 2.42 bits per heavy atom. The molecule has 0 radical (unpaired) electrons. The van der Waals surface area contributed by atoms with E-state index in [1.807, 2.05) is 0 Å². The Bertz CT molecular complexity index is 641. The van der Waals surface area contributed by atoms with Crippen LogP contribution in [0.15, 0.2) is 24.3 Å². The number of carbonyl (C=O) groups excluding carboxylic acids is 2. The summed E-state index contributed by atoms with van der Waals surface area (Å²) >= 11 is 5.85. The maximum absolute atomic E-state index is 12.5. The van der Waals surface area contributed by atoms with E-state index in [4.69, 9.17) is 16.7 Å². The van der Waals surface area contributed by atoms with E-state index in [-0.39, 0.29) is 43.3 Å². The van der Waals surface area contributed by atoms with Crippen LogP contribution in [0.2, 0.25) is 5.02 Å². The highest BCUT2D eigenvalue weighted by Crippen LogP contribution is 2.24. The summed E-state index contributed by atoms with van der Waals surface area (Å²) in [7, 11) is 0. The van der Waals surface area contributed by atoms with Crippen molar-refractivity contribution in [2.24, 2.45) is 5.92 Å². The van der Waals surface area contributed by atoms with Crippen molar-refractivity contribution in [1.82, 2.24) is 10.2 Å². The normalized spacial score (nSPS) is 15.5. The summed E-state index contributed by atoms with van der Waals surface area (Å²) in [6.45, 7) is 1.57. The maximum Gasteiger partial charge on any atom is 0.323 e. The minimum Gasteiger partial charge on any atom is -0.480 e. The van der Waals surface area contributed by atoms with Gasteiger partial charge in [-0.15, -0.1) is 0 Å². The standard InChI is InChI=1S/C19H25ClN2O4/c1-13(21-19(26)15-4-2-3-5-15)10-17(23)22(12-18(24)25)11-14-6-8-16(20)9-7-14/h6-9,13,15H,2-5,10-12H2,1H3,(H,21,26)(H,24,25). The van der Waals surface area contributed by atoms with Crippen molar-refractivity contribution in [2.75, 3.05) is 6.54 Å². The van der Waals surface area contributed by atoms with E-state index in [1.165, 1.54) is 4.90 Å². The molecule has 142 valence electrons. The predicted octanol–water partition coefficient (Wildman–Crippen LogP) is 2.84. The second-order valence-electron chi connectivity index (χ2n) is 6.87. The first-order chi connectivity index (χ1) is 12.3. The van der Waals surface area contributed by atoms with Crippen LogP contribution in [-0.2, 0) is 20.9 Å². The fourth-order valence-corrected chi connectivity index (χ4v) is 3.32. The summed E-state index contributed by atoms with van der Waals surface area (Å²) < 4.78 is 0. The van der Waals surface area contributed by atoms with E-state index in [2.05, 4.69) is 5.32 Å². The molecule has 0 heterocycles. The summed E-state index contributed by atoms with van der Waals surface area (Å²) in [6.07, 6.45) is 4.00. The molecule has 26 heavy (non-hydrogen) atoms. The van der Waals surface area contributed by atoms with Gasteiger partial charge in [0.05, 0.1) is 0 Å². The average Bonchev–Trinajstić information content (AvgIpc) is 3.10. The number of halogens is 1. The molecule has 0 bridgehead atoms. The topological polar surface area (TPSA) is 86.7 Å². The second kappa shape index (κ2) is 9.57. The zero-order chi connectivity index (χ0) is 19.1. The first-order valence-corrected chi connectivity index (χ1v) is 9.27. The van der Waals surface area contributed by atoms with E-state index < -0.39 is 5.97 Å². The van der Waals surface area contributed by atoms with Crippen LogP contribution in [0.25, 0.3) is 0 Å². The number of amides is 2. The molecular weight excluding hydrogens is 356 g/mol. The molecule has 7 heteroatoms. The smallest absolute Gasteiger partial charge is 0.323 e. The Morgan fingerprint density at radius 1 is 1.23 bits per heavy atom. The number of hydrogen-bond acceptors (Lipinski definition) is 3. The van der Waals surface area contributed by atoms with Gasteiger partial charge < -0.3 is 15.3 Å². The van der Waals surface area contributed by atoms with E-state index >= 15 is 0 Å². The van der Waals surface area contributed by atoms with Crippen LogP contribution >= 0.6 is 11.6 Å². The van der Waals surface area contributed by atoms with Crippen LogP contribution in [0.3, 0.4) is 0 Å². The maximum atomic E-state index is 12.5. The number of carboxylic acid groups (broad SMARTS) is 1. The van der Waals surface area contributed by atoms with Gasteiger partial charge in [0.1, 0.15) is 6.54 Å². The Labute approximate surface area is 158 Å². The third-order valence-corrected chi connectivity index (χ3v) is 4.81. The average molecular weight is 381 g/mol. The molecule has 1 aromatic carbocycles. The molecule has 2 N–H and O–H groups in total. The van der Waals surface area contributed by atoms with Crippen molar-refractivity contribution in [3.63, 3.8) is 0 Å². The molecule has 0 spiro atoms. The van der Waals surface area contributed by atoms with Gasteiger partial charge in [-0.1, -0.05) is 36.6 Å². The summed E-state index contributed by atoms with van der Waals surface area (Å²) in [5.74, 6) is -1.35. The predicted molar refractivity (Wildman–Crippen MR) is 98.7 cm³/mol. The van der Waals surface area contributed by atoms with Crippen LogP contribution in [0.4, 0.5) is 0 Å². The Morgan fingerprint density at radius 2 is 1.85 bits per heavy atom. The monoisotopic (exact) mass is 380 g/mol. The number of carbonyl (C=O) groups is 3. The van der Waals surface area contributed by atoms with Gasteiger partial charge in [0.15, 0.2) is 0 Å². The first-order valence-electron chi connectivity index (χ1n) is 8.89. The van der Waals surface area contributed by atoms with Gasteiger partial charge in [-0.05, 0) is 37.5 Å². The van der Waals surface area contributed by atoms with Crippen LogP contribution in [0.5, 0.6) is 0 Å². The van der Waals surface area contributed by atoms with E-state index in [0.717, 1.165) is 31.2 Å². The fraction of sp³-hybridized carbons (Fsp3) is 0.526. The molecule has 1 aliphatic carbocycles. The third kappa shape index (κ3) is 6.33. The summed E-state index contributed by atoms with van der Waals surface area (Å²) in [4.78, 5) is 37.1. The molecule has 1 atom stereocenters. The van der Waals surface area contributed by atoms with Gasteiger partial charge in [-0.25, -0.2) is 0 Å². The highest BCUT2D eigenvalue weighted by Gasteiger charge is 2.25. The Kier molecular flexibility index (Phi) is 7.45. The lowest BCUT2D eigenvalue weighted by Gasteiger charge is -2.24. The molecule has 1 fully saturated rings. The number of nitrogens with zero attached hydrogens (tertiary/aromatic N) is 1. The number of hydrogen-bond donors (Lipinski definition) is 2. The van der Waals surface area contributed by atoms with Gasteiger partial charge in [0, 0.05) is 29.9 Å². The minimum atomic E-state index is -1.07. The number of rotatable bonds is 8. The summed E-state index contributed by atoms with van der Waals surface area (Å²) in [5, 5.41) is 12.6. The zero-order valence-corrected chi connectivity index (χ0v) is 15.7. The minimum absolute atomic E-state index is 0.00899. The molecule has 2 amide bonds. The van der Waals surface area contributed by atoms with Crippen LogP contribution in [-0.4, -0.2) is 40.4 Å². The highest BCUT2D eigenvalue weighted by molar-refractivity contribution is 6.30. The fourth-order valence-electron chi connectivity index (χ4n) is 3.20. The molecule has 0 aliphatic heterocycles. The van der Waals surface area contributed by atoms with Gasteiger partial charge in [0.2, 0.25) is 11.8 Å². The van der Waals surface area contributed by atoms with Gasteiger partial charge >= 0.3 is 5.97 Å². The third-order valence-electron chi connectivity index (χ3n) is 4.56. The highest BCUT2D eigenvalue weighted by atomic mass is 35.5. The molecule has 1 aromatic rings. The molecular formula is C19H25ClN2O4.